The summed E-state index contributed by atoms with van der Waals surface area (Å²) in [4.78, 5) is 23.4. The van der Waals surface area contributed by atoms with Gasteiger partial charge in [-0.3, -0.25) is 9.59 Å². The van der Waals surface area contributed by atoms with Crippen molar-refractivity contribution in [2.24, 2.45) is 17.8 Å². The Kier molecular flexibility index (Phi) is 3.13. The van der Waals surface area contributed by atoms with Gasteiger partial charge in [-0.2, -0.15) is 0 Å². The van der Waals surface area contributed by atoms with Gasteiger partial charge in [0, 0.05) is 17.2 Å². The molecule has 1 aromatic rings. The van der Waals surface area contributed by atoms with Crippen molar-refractivity contribution in [3.8, 4) is 0 Å². The summed E-state index contributed by atoms with van der Waals surface area (Å²) < 4.78 is 0. The largest absolute Gasteiger partial charge is 0.326 e. The molecule has 3 nitrogen and oxygen atoms in total. The van der Waals surface area contributed by atoms with Gasteiger partial charge in [0.15, 0.2) is 5.78 Å². The summed E-state index contributed by atoms with van der Waals surface area (Å²) in [6.07, 6.45) is 4.82. The Balaban J connectivity index is 1.64. The van der Waals surface area contributed by atoms with Crippen LogP contribution in [0.15, 0.2) is 24.3 Å². The van der Waals surface area contributed by atoms with Crippen molar-refractivity contribution in [1.29, 1.82) is 0 Å². The summed E-state index contributed by atoms with van der Waals surface area (Å²) in [6, 6.07) is 7.14. The van der Waals surface area contributed by atoms with Gasteiger partial charge in [0.05, 0.1) is 0 Å². The van der Waals surface area contributed by atoms with E-state index in [0.717, 1.165) is 18.0 Å². The summed E-state index contributed by atoms with van der Waals surface area (Å²) in [5.41, 5.74) is 1.47. The second kappa shape index (κ2) is 4.80. The number of rotatable bonds is 3. The van der Waals surface area contributed by atoms with E-state index in [1.54, 1.807) is 19.1 Å². The van der Waals surface area contributed by atoms with Crippen molar-refractivity contribution in [3.05, 3.63) is 29.8 Å². The number of nitrogens with one attached hydrogen (secondary N) is 1. The first-order valence-corrected chi connectivity index (χ1v) is 7.05. The highest BCUT2D eigenvalue weighted by atomic mass is 16.2. The van der Waals surface area contributed by atoms with Crippen molar-refractivity contribution in [1.82, 2.24) is 0 Å². The number of Topliss-reactive ketones (excluding diaryl/α,β-unsaturated/α-hetero) is 1. The van der Waals surface area contributed by atoms with E-state index in [1.807, 2.05) is 12.1 Å². The van der Waals surface area contributed by atoms with Gasteiger partial charge in [0.1, 0.15) is 0 Å². The molecule has 0 radical (unpaired) electrons. The zero-order chi connectivity index (χ0) is 13.4. The number of fused-ring (bicyclic) bond motifs is 2. The molecule has 0 saturated heterocycles. The molecular weight excluding hydrogens is 238 g/mol. The molecule has 3 rings (SSSR count). The maximum Gasteiger partial charge on any atom is 0.227 e. The lowest BCUT2D eigenvalue weighted by atomic mass is 9.88. The molecule has 2 bridgehead atoms. The van der Waals surface area contributed by atoms with Crippen LogP contribution in [-0.4, -0.2) is 11.7 Å². The van der Waals surface area contributed by atoms with Crippen molar-refractivity contribution in [3.63, 3.8) is 0 Å². The quantitative estimate of drug-likeness (QED) is 0.845. The van der Waals surface area contributed by atoms with Gasteiger partial charge < -0.3 is 5.32 Å². The molecule has 2 aliphatic rings. The highest BCUT2D eigenvalue weighted by Crippen LogP contribution is 2.48. The van der Waals surface area contributed by atoms with E-state index in [9.17, 15) is 9.59 Å². The highest BCUT2D eigenvalue weighted by molar-refractivity contribution is 5.96. The SMILES string of the molecule is CC(=O)c1ccc(NC(=O)C2CC3CCC2C3)cc1. The fourth-order valence-electron chi connectivity index (χ4n) is 3.59. The zero-order valence-corrected chi connectivity index (χ0v) is 11.2. The van der Waals surface area contributed by atoms with Crippen LogP contribution in [0.3, 0.4) is 0 Å². The molecule has 2 aliphatic carbocycles. The number of anilines is 1. The monoisotopic (exact) mass is 257 g/mol. The van der Waals surface area contributed by atoms with Crippen molar-refractivity contribution >= 4 is 17.4 Å². The van der Waals surface area contributed by atoms with Gasteiger partial charge in [-0.15, -0.1) is 0 Å². The predicted octanol–water partition coefficient (Wildman–Crippen LogP) is 3.26. The van der Waals surface area contributed by atoms with E-state index in [4.69, 9.17) is 0 Å². The third kappa shape index (κ3) is 2.42. The summed E-state index contributed by atoms with van der Waals surface area (Å²) in [7, 11) is 0. The molecule has 1 N–H and O–H groups in total. The van der Waals surface area contributed by atoms with Crippen molar-refractivity contribution in [2.45, 2.75) is 32.6 Å². The molecule has 2 fully saturated rings. The molecule has 0 aromatic heterocycles. The third-order valence-corrected chi connectivity index (χ3v) is 4.63. The average Bonchev–Trinajstić information content (AvgIpc) is 3.01. The topological polar surface area (TPSA) is 46.2 Å². The van der Waals surface area contributed by atoms with Crippen LogP contribution >= 0.6 is 0 Å². The first-order valence-electron chi connectivity index (χ1n) is 7.05. The van der Waals surface area contributed by atoms with Gasteiger partial charge in [-0.05, 0) is 62.3 Å². The Morgan fingerprint density at radius 2 is 1.84 bits per heavy atom. The number of carbonyl (C=O) groups excluding carboxylic acids is 2. The van der Waals surface area contributed by atoms with Crippen LogP contribution in [0.2, 0.25) is 0 Å². The van der Waals surface area contributed by atoms with Gasteiger partial charge in [0.2, 0.25) is 5.91 Å². The number of ketones is 1. The van der Waals surface area contributed by atoms with Crippen LogP contribution in [0.25, 0.3) is 0 Å². The summed E-state index contributed by atoms with van der Waals surface area (Å²) >= 11 is 0. The third-order valence-electron chi connectivity index (χ3n) is 4.63. The van der Waals surface area contributed by atoms with Gasteiger partial charge in [0.25, 0.3) is 0 Å². The van der Waals surface area contributed by atoms with Crippen molar-refractivity contribution < 1.29 is 9.59 Å². The number of benzene rings is 1. The number of carbonyl (C=O) groups is 2. The standard InChI is InChI=1S/C16H19NO2/c1-10(18)12-4-6-14(7-5-12)17-16(19)15-9-11-2-3-13(15)8-11/h4-7,11,13,15H,2-3,8-9H2,1H3,(H,17,19). The lowest BCUT2D eigenvalue weighted by Crippen LogP contribution is -2.27. The molecule has 0 aliphatic heterocycles. The lowest BCUT2D eigenvalue weighted by Gasteiger charge is -2.20. The molecular formula is C16H19NO2. The van der Waals surface area contributed by atoms with E-state index in [1.165, 1.54) is 19.3 Å². The van der Waals surface area contributed by atoms with Crippen LogP contribution in [0.4, 0.5) is 5.69 Å². The van der Waals surface area contributed by atoms with Gasteiger partial charge in [-0.25, -0.2) is 0 Å². The van der Waals surface area contributed by atoms with E-state index in [2.05, 4.69) is 5.32 Å². The Morgan fingerprint density at radius 3 is 2.37 bits per heavy atom. The summed E-state index contributed by atoms with van der Waals surface area (Å²) in [5, 5.41) is 2.98. The Labute approximate surface area is 113 Å². The molecule has 3 unspecified atom stereocenters. The minimum Gasteiger partial charge on any atom is -0.326 e. The van der Waals surface area contributed by atoms with Crippen LogP contribution in [0.5, 0.6) is 0 Å². The smallest absolute Gasteiger partial charge is 0.227 e. The average molecular weight is 257 g/mol. The Morgan fingerprint density at radius 1 is 1.11 bits per heavy atom. The van der Waals surface area contributed by atoms with Crippen molar-refractivity contribution in [2.75, 3.05) is 5.32 Å². The van der Waals surface area contributed by atoms with E-state index >= 15 is 0 Å². The fraction of sp³-hybridized carbons (Fsp3) is 0.500. The zero-order valence-electron chi connectivity index (χ0n) is 11.2. The van der Waals surface area contributed by atoms with Crippen LogP contribution in [-0.2, 0) is 4.79 Å². The molecule has 0 spiro atoms. The summed E-state index contributed by atoms with van der Waals surface area (Å²) in [6.45, 7) is 1.54. The van der Waals surface area contributed by atoms with E-state index in [-0.39, 0.29) is 17.6 Å². The minimum absolute atomic E-state index is 0.0472. The highest BCUT2D eigenvalue weighted by Gasteiger charge is 2.42. The minimum atomic E-state index is 0.0472. The number of amides is 1. The first kappa shape index (κ1) is 12.4. The van der Waals surface area contributed by atoms with Gasteiger partial charge >= 0.3 is 0 Å². The molecule has 1 aromatic carbocycles. The molecule has 3 atom stereocenters. The molecule has 1 amide bonds. The van der Waals surface area contributed by atoms with E-state index < -0.39 is 0 Å². The second-order valence-electron chi connectivity index (χ2n) is 5.90. The Hall–Kier alpha value is -1.64. The molecule has 100 valence electrons. The normalized spacial score (nSPS) is 28.4. The molecule has 19 heavy (non-hydrogen) atoms. The Bertz CT molecular complexity index is 506. The first-order chi connectivity index (χ1) is 9.13. The van der Waals surface area contributed by atoms with Crippen LogP contribution in [0.1, 0.15) is 43.0 Å². The second-order valence-corrected chi connectivity index (χ2v) is 5.90. The number of hydrogen-bond acceptors (Lipinski definition) is 2. The lowest BCUT2D eigenvalue weighted by molar-refractivity contribution is -0.121. The molecule has 0 heterocycles. The number of hydrogen-bond donors (Lipinski definition) is 1. The maximum atomic E-state index is 12.2. The maximum absolute atomic E-state index is 12.2. The predicted molar refractivity (Wildman–Crippen MR) is 74.0 cm³/mol. The van der Waals surface area contributed by atoms with Crippen LogP contribution in [0, 0.1) is 17.8 Å². The fourth-order valence-corrected chi connectivity index (χ4v) is 3.59. The molecule has 3 heteroatoms. The van der Waals surface area contributed by atoms with E-state index in [0.29, 0.717) is 11.5 Å². The molecule has 2 saturated carbocycles. The van der Waals surface area contributed by atoms with Crippen LogP contribution < -0.4 is 5.32 Å². The van der Waals surface area contributed by atoms with Gasteiger partial charge in [-0.1, -0.05) is 6.42 Å². The summed E-state index contributed by atoms with van der Waals surface area (Å²) in [5.74, 6) is 1.78.